The number of halogens is 1. The number of carbonyl (C=O) groups excluding carboxylic acids is 1. The summed E-state index contributed by atoms with van der Waals surface area (Å²) in [5, 5.41) is 2.80. The van der Waals surface area contributed by atoms with Crippen LogP contribution in [0.15, 0.2) is 35.7 Å². The molecule has 21 heavy (non-hydrogen) atoms. The Balaban J connectivity index is 1.64. The van der Waals surface area contributed by atoms with Crippen LogP contribution in [0.1, 0.15) is 20.9 Å². The number of nitrogens with zero attached hydrogens (tertiary/aromatic N) is 1. The van der Waals surface area contributed by atoms with Crippen LogP contribution in [0.4, 0.5) is 4.39 Å². The van der Waals surface area contributed by atoms with Gasteiger partial charge in [0.1, 0.15) is 11.5 Å². The van der Waals surface area contributed by atoms with Crippen molar-refractivity contribution in [1.29, 1.82) is 0 Å². The molecule has 0 unspecified atom stereocenters. The molecule has 0 atom stereocenters. The van der Waals surface area contributed by atoms with Crippen LogP contribution in [-0.4, -0.2) is 22.3 Å². The van der Waals surface area contributed by atoms with Crippen molar-refractivity contribution < 1.29 is 9.18 Å². The molecule has 0 aliphatic carbocycles. The fourth-order valence-corrected chi connectivity index (χ4v) is 3.70. The molecule has 0 radical (unpaired) electrons. The number of nitrogens with one attached hydrogen (secondary N) is 1. The largest absolute Gasteiger partial charge is 0.351 e. The van der Waals surface area contributed by atoms with Crippen molar-refractivity contribution in [3.63, 3.8) is 0 Å². The van der Waals surface area contributed by atoms with Crippen LogP contribution in [0.3, 0.4) is 0 Å². The third-order valence-electron chi connectivity index (χ3n) is 3.91. The summed E-state index contributed by atoms with van der Waals surface area (Å²) in [7, 11) is 0. The minimum absolute atomic E-state index is 0.0246. The summed E-state index contributed by atoms with van der Waals surface area (Å²) in [6.07, 6.45) is 0.910. The highest BCUT2D eigenvalue weighted by Gasteiger charge is 2.23. The molecule has 5 heteroatoms. The smallest absolute Gasteiger partial charge is 0.270 e. The number of hydrogen-bond donors (Lipinski definition) is 1. The van der Waals surface area contributed by atoms with E-state index < -0.39 is 0 Å². The Morgan fingerprint density at radius 3 is 3.10 bits per heavy atom. The molecule has 1 amide bonds. The SMILES string of the molecule is O=C(c1cc2cc(F)ccc2[nH]1)N1CCc2sccc2C1. The maximum absolute atomic E-state index is 13.2. The van der Waals surface area contributed by atoms with E-state index in [9.17, 15) is 9.18 Å². The molecule has 0 saturated heterocycles. The van der Waals surface area contributed by atoms with Gasteiger partial charge in [-0.15, -0.1) is 11.3 Å². The van der Waals surface area contributed by atoms with Gasteiger partial charge in [-0.25, -0.2) is 4.39 Å². The highest BCUT2D eigenvalue weighted by molar-refractivity contribution is 7.10. The molecular weight excluding hydrogens is 287 g/mol. The van der Waals surface area contributed by atoms with E-state index in [4.69, 9.17) is 0 Å². The molecule has 2 aromatic heterocycles. The first-order valence-corrected chi connectivity index (χ1v) is 7.71. The van der Waals surface area contributed by atoms with E-state index in [0.29, 0.717) is 12.2 Å². The van der Waals surface area contributed by atoms with E-state index in [1.807, 2.05) is 4.90 Å². The number of benzene rings is 1. The first-order valence-electron chi connectivity index (χ1n) is 6.83. The highest BCUT2D eigenvalue weighted by atomic mass is 32.1. The lowest BCUT2D eigenvalue weighted by molar-refractivity contribution is 0.0731. The summed E-state index contributed by atoms with van der Waals surface area (Å²) >= 11 is 1.75. The molecule has 4 rings (SSSR count). The Kier molecular flexibility index (Phi) is 2.82. The summed E-state index contributed by atoms with van der Waals surface area (Å²) in [6, 6.07) is 8.31. The van der Waals surface area contributed by atoms with Gasteiger partial charge < -0.3 is 9.88 Å². The molecule has 1 aromatic carbocycles. The van der Waals surface area contributed by atoms with Crippen LogP contribution < -0.4 is 0 Å². The van der Waals surface area contributed by atoms with Crippen molar-refractivity contribution >= 4 is 28.1 Å². The van der Waals surface area contributed by atoms with Crippen molar-refractivity contribution in [2.45, 2.75) is 13.0 Å². The first-order chi connectivity index (χ1) is 10.2. The zero-order chi connectivity index (χ0) is 14.4. The monoisotopic (exact) mass is 300 g/mol. The standard InChI is InChI=1S/C16H13FN2OS/c17-12-1-2-13-11(7-12)8-14(18-13)16(20)19-5-3-15-10(9-19)4-6-21-15/h1-2,4,6-8,18H,3,5,9H2. The molecule has 0 bridgehead atoms. The van der Waals surface area contributed by atoms with Crippen LogP contribution in [-0.2, 0) is 13.0 Å². The molecule has 0 fully saturated rings. The van der Waals surface area contributed by atoms with E-state index in [2.05, 4.69) is 16.4 Å². The maximum Gasteiger partial charge on any atom is 0.270 e. The van der Waals surface area contributed by atoms with Gasteiger partial charge in [-0.2, -0.15) is 0 Å². The quantitative estimate of drug-likeness (QED) is 0.733. The van der Waals surface area contributed by atoms with Crippen LogP contribution in [0.5, 0.6) is 0 Å². The number of thiophene rings is 1. The van der Waals surface area contributed by atoms with Gasteiger partial charge in [0.15, 0.2) is 0 Å². The Labute approximate surface area is 125 Å². The zero-order valence-corrected chi connectivity index (χ0v) is 12.0. The summed E-state index contributed by atoms with van der Waals surface area (Å²) < 4.78 is 13.2. The van der Waals surface area contributed by atoms with E-state index in [1.165, 1.54) is 22.6 Å². The zero-order valence-electron chi connectivity index (χ0n) is 11.2. The van der Waals surface area contributed by atoms with Crippen molar-refractivity contribution in [3.05, 3.63) is 57.7 Å². The first kappa shape index (κ1) is 12.6. The third-order valence-corrected chi connectivity index (χ3v) is 4.93. The van der Waals surface area contributed by atoms with Crippen molar-refractivity contribution in [1.82, 2.24) is 9.88 Å². The van der Waals surface area contributed by atoms with Crippen molar-refractivity contribution in [2.75, 3.05) is 6.54 Å². The number of hydrogen-bond acceptors (Lipinski definition) is 2. The van der Waals surface area contributed by atoms with Gasteiger partial charge in [-0.1, -0.05) is 0 Å². The van der Waals surface area contributed by atoms with E-state index in [1.54, 1.807) is 23.5 Å². The van der Waals surface area contributed by atoms with Crippen molar-refractivity contribution in [3.8, 4) is 0 Å². The van der Waals surface area contributed by atoms with Gasteiger partial charge in [0.2, 0.25) is 0 Å². The van der Waals surface area contributed by atoms with Crippen LogP contribution in [0.2, 0.25) is 0 Å². The molecule has 0 saturated carbocycles. The predicted molar refractivity (Wildman–Crippen MR) is 81.0 cm³/mol. The number of rotatable bonds is 1. The van der Waals surface area contributed by atoms with Crippen LogP contribution in [0, 0.1) is 5.82 Å². The number of H-pyrrole nitrogens is 1. The van der Waals surface area contributed by atoms with Crippen LogP contribution in [0.25, 0.3) is 10.9 Å². The van der Waals surface area contributed by atoms with Crippen molar-refractivity contribution in [2.24, 2.45) is 0 Å². The summed E-state index contributed by atoms with van der Waals surface area (Å²) in [5.74, 6) is -0.315. The number of amides is 1. The molecule has 3 aromatic rings. The Morgan fingerprint density at radius 1 is 1.29 bits per heavy atom. The number of aromatic amines is 1. The topological polar surface area (TPSA) is 36.1 Å². The lowest BCUT2D eigenvalue weighted by atomic mass is 10.1. The number of fused-ring (bicyclic) bond motifs is 2. The lowest BCUT2D eigenvalue weighted by Crippen LogP contribution is -2.35. The number of aromatic nitrogens is 1. The van der Waals surface area contributed by atoms with E-state index in [0.717, 1.165) is 23.9 Å². The van der Waals surface area contributed by atoms with E-state index in [-0.39, 0.29) is 11.7 Å². The van der Waals surface area contributed by atoms with Gasteiger partial charge in [0, 0.05) is 28.9 Å². The Bertz CT molecular complexity index is 836. The highest BCUT2D eigenvalue weighted by Crippen LogP contribution is 2.25. The Morgan fingerprint density at radius 2 is 2.19 bits per heavy atom. The third kappa shape index (κ3) is 2.14. The van der Waals surface area contributed by atoms with E-state index >= 15 is 0 Å². The fraction of sp³-hybridized carbons (Fsp3) is 0.188. The minimum Gasteiger partial charge on any atom is -0.351 e. The molecule has 1 N–H and O–H groups in total. The normalized spacial score (nSPS) is 14.4. The molecule has 3 nitrogen and oxygen atoms in total. The van der Waals surface area contributed by atoms with Gasteiger partial charge in [0.25, 0.3) is 5.91 Å². The molecule has 1 aliphatic rings. The second-order valence-corrected chi connectivity index (χ2v) is 6.26. The molecule has 0 spiro atoms. The maximum atomic E-state index is 13.2. The molecule has 1 aliphatic heterocycles. The van der Waals surface area contributed by atoms with Gasteiger partial charge in [-0.3, -0.25) is 4.79 Å². The second-order valence-electron chi connectivity index (χ2n) is 5.26. The minimum atomic E-state index is -0.290. The average molecular weight is 300 g/mol. The summed E-state index contributed by atoms with van der Waals surface area (Å²) in [4.78, 5) is 18.9. The number of carbonyl (C=O) groups is 1. The molecule has 106 valence electrons. The predicted octanol–water partition coefficient (Wildman–Crippen LogP) is 3.57. The Hall–Kier alpha value is -2.14. The van der Waals surface area contributed by atoms with Gasteiger partial charge in [0.05, 0.1) is 0 Å². The lowest BCUT2D eigenvalue weighted by Gasteiger charge is -2.26. The fourth-order valence-electron chi connectivity index (χ4n) is 2.81. The van der Waals surface area contributed by atoms with Gasteiger partial charge in [-0.05, 0) is 47.7 Å². The summed E-state index contributed by atoms with van der Waals surface area (Å²) in [5.41, 5.74) is 2.55. The molecule has 3 heterocycles. The molecular formula is C16H13FN2OS. The average Bonchev–Trinajstić information content (AvgIpc) is 3.11. The van der Waals surface area contributed by atoms with Gasteiger partial charge >= 0.3 is 0 Å². The second kappa shape index (κ2) is 4.70. The summed E-state index contributed by atoms with van der Waals surface area (Å²) in [6.45, 7) is 1.39. The van der Waals surface area contributed by atoms with Crippen LogP contribution >= 0.6 is 11.3 Å².